The molecule has 2 heterocycles. The minimum Gasteiger partial charge on any atom is -0.497 e. The standard InChI is InChI=1S/C25H26N4O3S/c1-17-4-8-21(9-5-17)32-15-23-27-19(16-33-23)14-22(30)28-24(25-26-12-13-29(25)2)18-6-10-20(31-3)11-7-18/h4-13,16,24H,14-15H2,1-3H3,(H,28,30)/t24-/m0/s1. The van der Waals surface area contributed by atoms with Crippen LogP contribution < -0.4 is 14.8 Å². The maximum Gasteiger partial charge on any atom is 0.226 e. The Kier molecular flexibility index (Phi) is 7.04. The van der Waals surface area contributed by atoms with Crippen LogP contribution in [0.2, 0.25) is 0 Å². The number of aromatic nitrogens is 3. The summed E-state index contributed by atoms with van der Waals surface area (Å²) in [7, 11) is 3.53. The highest BCUT2D eigenvalue weighted by Crippen LogP contribution is 2.23. The summed E-state index contributed by atoms with van der Waals surface area (Å²) in [4.78, 5) is 21.9. The first-order valence-electron chi connectivity index (χ1n) is 10.5. The molecule has 7 nitrogen and oxygen atoms in total. The molecule has 0 unspecified atom stereocenters. The molecule has 0 aliphatic heterocycles. The molecular formula is C25H26N4O3S. The second-order valence-corrected chi connectivity index (χ2v) is 8.62. The van der Waals surface area contributed by atoms with Crippen molar-refractivity contribution in [2.45, 2.75) is 26.0 Å². The summed E-state index contributed by atoms with van der Waals surface area (Å²) in [6.45, 7) is 2.41. The van der Waals surface area contributed by atoms with E-state index in [0.29, 0.717) is 12.3 Å². The van der Waals surface area contributed by atoms with Crippen molar-refractivity contribution in [2.24, 2.45) is 7.05 Å². The lowest BCUT2D eigenvalue weighted by Gasteiger charge is -2.19. The molecule has 2 aromatic heterocycles. The van der Waals surface area contributed by atoms with Crippen molar-refractivity contribution < 1.29 is 14.3 Å². The maximum absolute atomic E-state index is 12.9. The van der Waals surface area contributed by atoms with E-state index in [-0.39, 0.29) is 18.4 Å². The number of carbonyl (C=O) groups excluding carboxylic acids is 1. The van der Waals surface area contributed by atoms with Crippen molar-refractivity contribution in [3.63, 3.8) is 0 Å². The van der Waals surface area contributed by atoms with Gasteiger partial charge in [-0.05, 0) is 36.8 Å². The number of rotatable bonds is 9. The summed E-state index contributed by atoms with van der Waals surface area (Å²) in [6.07, 6.45) is 3.76. The summed E-state index contributed by atoms with van der Waals surface area (Å²) in [5, 5.41) is 5.83. The fourth-order valence-corrected chi connectivity index (χ4v) is 4.11. The Morgan fingerprint density at radius 2 is 1.85 bits per heavy atom. The number of amides is 1. The lowest BCUT2D eigenvalue weighted by atomic mass is 10.1. The number of imidazole rings is 1. The van der Waals surface area contributed by atoms with Crippen LogP contribution in [0.5, 0.6) is 11.5 Å². The molecule has 0 aliphatic rings. The van der Waals surface area contributed by atoms with Crippen molar-refractivity contribution in [2.75, 3.05) is 7.11 Å². The third kappa shape index (κ3) is 5.78. The fraction of sp³-hybridized carbons (Fsp3) is 0.240. The van der Waals surface area contributed by atoms with E-state index in [1.807, 2.05) is 78.6 Å². The number of benzene rings is 2. The molecule has 0 fully saturated rings. The second kappa shape index (κ2) is 10.3. The first-order chi connectivity index (χ1) is 16.0. The molecule has 1 N–H and O–H groups in total. The number of nitrogens with zero attached hydrogens (tertiary/aromatic N) is 3. The Morgan fingerprint density at radius 1 is 1.12 bits per heavy atom. The third-order valence-electron chi connectivity index (χ3n) is 5.20. The van der Waals surface area contributed by atoms with Gasteiger partial charge in [-0.3, -0.25) is 4.79 Å². The number of hydrogen-bond acceptors (Lipinski definition) is 6. The molecule has 0 radical (unpaired) electrons. The maximum atomic E-state index is 12.9. The van der Waals surface area contributed by atoms with Gasteiger partial charge in [0.1, 0.15) is 35.0 Å². The average molecular weight is 463 g/mol. The Hall–Kier alpha value is -3.65. The Labute approximate surface area is 197 Å². The normalized spacial score (nSPS) is 11.7. The predicted molar refractivity (Wildman–Crippen MR) is 128 cm³/mol. The number of nitrogens with one attached hydrogen (secondary N) is 1. The zero-order valence-electron chi connectivity index (χ0n) is 18.8. The molecule has 1 atom stereocenters. The van der Waals surface area contributed by atoms with Gasteiger partial charge in [0.25, 0.3) is 0 Å². The smallest absolute Gasteiger partial charge is 0.226 e. The fourth-order valence-electron chi connectivity index (χ4n) is 3.40. The van der Waals surface area contributed by atoms with Crippen LogP contribution in [0.25, 0.3) is 0 Å². The second-order valence-electron chi connectivity index (χ2n) is 7.68. The molecule has 4 rings (SSSR count). The molecule has 0 spiro atoms. The van der Waals surface area contributed by atoms with Crippen LogP contribution in [-0.4, -0.2) is 27.6 Å². The number of methoxy groups -OCH3 is 1. The van der Waals surface area contributed by atoms with Gasteiger partial charge < -0.3 is 19.4 Å². The molecule has 170 valence electrons. The van der Waals surface area contributed by atoms with E-state index in [2.05, 4.69) is 15.3 Å². The van der Waals surface area contributed by atoms with Gasteiger partial charge in [0.05, 0.1) is 19.2 Å². The number of carbonyl (C=O) groups is 1. The first-order valence-corrected chi connectivity index (χ1v) is 11.4. The van der Waals surface area contributed by atoms with E-state index in [1.54, 1.807) is 13.3 Å². The third-order valence-corrected chi connectivity index (χ3v) is 6.07. The average Bonchev–Trinajstić information content (AvgIpc) is 3.46. The Bertz CT molecular complexity index is 1200. The van der Waals surface area contributed by atoms with Gasteiger partial charge in [0.2, 0.25) is 5.91 Å². The van der Waals surface area contributed by atoms with E-state index in [1.165, 1.54) is 16.9 Å². The summed E-state index contributed by atoms with van der Waals surface area (Å²) in [6, 6.07) is 15.1. The van der Waals surface area contributed by atoms with Gasteiger partial charge in [0, 0.05) is 24.8 Å². The van der Waals surface area contributed by atoms with E-state index >= 15 is 0 Å². The largest absolute Gasteiger partial charge is 0.497 e. The van der Waals surface area contributed by atoms with Crippen molar-refractivity contribution in [3.05, 3.63) is 94.0 Å². The van der Waals surface area contributed by atoms with Gasteiger partial charge in [0.15, 0.2) is 0 Å². The SMILES string of the molecule is COc1ccc([C@H](NC(=O)Cc2csc(COc3ccc(C)cc3)n2)c2nccn2C)cc1. The zero-order chi connectivity index (χ0) is 23.2. The summed E-state index contributed by atoms with van der Waals surface area (Å²) in [5.41, 5.74) is 2.82. The summed E-state index contributed by atoms with van der Waals surface area (Å²) in [5.74, 6) is 2.17. The number of thiazole rings is 1. The van der Waals surface area contributed by atoms with Crippen LogP contribution in [0, 0.1) is 6.92 Å². The summed E-state index contributed by atoms with van der Waals surface area (Å²) < 4.78 is 12.9. The first kappa shape index (κ1) is 22.5. The lowest BCUT2D eigenvalue weighted by Crippen LogP contribution is -2.32. The highest BCUT2D eigenvalue weighted by atomic mass is 32.1. The van der Waals surface area contributed by atoms with Crippen LogP contribution >= 0.6 is 11.3 Å². The van der Waals surface area contributed by atoms with E-state index in [9.17, 15) is 4.79 Å². The van der Waals surface area contributed by atoms with E-state index in [4.69, 9.17) is 9.47 Å². The van der Waals surface area contributed by atoms with E-state index in [0.717, 1.165) is 27.9 Å². The molecule has 1 amide bonds. The van der Waals surface area contributed by atoms with Crippen LogP contribution in [-0.2, 0) is 24.9 Å². The Morgan fingerprint density at radius 3 is 2.52 bits per heavy atom. The molecule has 2 aromatic carbocycles. The quantitative estimate of drug-likeness (QED) is 0.403. The molecule has 0 aliphatic carbocycles. The zero-order valence-corrected chi connectivity index (χ0v) is 19.6. The van der Waals surface area contributed by atoms with Crippen LogP contribution in [0.1, 0.15) is 33.7 Å². The van der Waals surface area contributed by atoms with Gasteiger partial charge in [-0.15, -0.1) is 11.3 Å². The van der Waals surface area contributed by atoms with Gasteiger partial charge in [-0.1, -0.05) is 29.8 Å². The minimum absolute atomic E-state index is 0.130. The Balaban J connectivity index is 1.41. The number of ether oxygens (including phenoxy) is 2. The number of hydrogen-bond donors (Lipinski definition) is 1. The minimum atomic E-state index is -0.383. The molecule has 8 heteroatoms. The van der Waals surface area contributed by atoms with Crippen molar-refractivity contribution >= 4 is 17.2 Å². The van der Waals surface area contributed by atoms with Gasteiger partial charge >= 0.3 is 0 Å². The highest BCUT2D eigenvalue weighted by molar-refractivity contribution is 7.09. The van der Waals surface area contributed by atoms with Crippen LogP contribution in [0.4, 0.5) is 0 Å². The topological polar surface area (TPSA) is 78.3 Å². The highest BCUT2D eigenvalue weighted by Gasteiger charge is 2.21. The van der Waals surface area contributed by atoms with Gasteiger partial charge in [-0.25, -0.2) is 9.97 Å². The molecule has 0 bridgehead atoms. The molecule has 33 heavy (non-hydrogen) atoms. The van der Waals surface area contributed by atoms with Crippen molar-refractivity contribution in [1.29, 1.82) is 0 Å². The molecule has 4 aromatic rings. The van der Waals surface area contributed by atoms with Crippen LogP contribution in [0.15, 0.2) is 66.3 Å². The van der Waals surface area contributed by atoms with E-state index < -0.39 is 0 Å². The molecular weight excluding hydrogens is 436 g/mol. The van der Waals surface area contributed by atoms with Gasteiger partial charge in [-0.2, -0.15) is 0 Å². The van der Waals surface area contributed by atoms with Crippen molar-refractivity contribution in [3.8, 4) is 11.5 Å². The number of aryl methyl sites for hydroxylation is 2. The predicted octanol–water partition coefficient (Wildman–Crippen LogP) is 4.22. The molecule has 0 saturated heterocycles. The van der Waals surface area contributed by atoms with Crippen LogP contribution in [0.3, 0.4) is 0 Å². The van der Waals surface area contributed by atoms with Crippen molar-refractivity contribution in [1.82, 2.24) is 19.9 Å². The monoisotopic (exact) mass is 462 g/mol. The lowest BCUT2D eigenvalue weighted by molar-refractivity contribution is -0.121. The molecule has 0 saturated carbocycles. The summed E-state index contributed by atoms with van der Waals surface area (Å²) >= 11 is 1.49.